The van der Waals surface area contributed by atoms with Gasteiger partial charge in [-0.25, -0.2) is 0 Å². The highest BCUT2D eigenvalue weighted by Crippen LogP contribution is 2.29. The van der Waals surface area contributed by atoms with E-state index >= 15 is 0 Å². The van der Waals surface area contributed by atoms with Crippen molar-refractivity contribution in [2.75, 3.05) is 18.0 Å². The summed E-state index contributed by atoms with van der Waals surface area (Å²) < 4.78 is 0. The van der Waals surface area contributed by atoms with Gasteiger partial charge >= 0.3 is 0 Å². The number of anilines is 1. The van der Waals surface area contributed by atoms with Crippen molar-refractivity contribution in [1.82, 2.24) is 4.90 Å². The maximum atomic E-state index is 11.1. The van der Waals surface area contributed by atoms with Gasteiger partial charge in [0, 0.05) is 31.4 Å². The minimum atomic E-state index is 0.230. The largest absolute Gasteiger partial charge is 0.362 e. The lowest BCUT2D eigenvalue weighted by atomic mass is 10.1. The van der Waals surface area contributed by atoms with E-state index in [1.54, 1.807) is 11.0 Å². The summed E-state index contributed by atoms with van der Waals surface area (Å²) in [4.78, 5) is 15.2. The van der Waals surface area contributed by atoms with E-state index in [0.717, 1.165) is 31.6 Å². The Hall–Kier alpha value is -2.51. The van der Waals surface area contributed by atoms with Gasteiger partial charge in [-0.2, -0.15) is 5.26 Å². The summed E-state index contributed by atoms with van der Waals surface area (Å²) in [7, 11) is 0. The van der Waals surface area contributed by atoms with Crippen molar-refractivity contribution in [3.05, 3.63) is 64.2 Å². The SMILES string of the molecule is Cc1ccccc1CN(c1ccc(C#N)c(Cl)c1)C1CCN(C=O)C1. The van der Waals surface area contributed by atoms with Gasteiger partial charge in [0.05, 0.1) is 10.6 Å². The molecule has 0 bridgehead atoms. The van der Waals surface area contributed by atoms with E-state index in [0.29, 0.717) is 17.1 Å². The van der Waals surface area contributed by atoms with E-state index in [1.165, 1.54) is 11.1 Å². The third-order valence-electron chi connectivity index (χ3n) is 4.79. The van der Waals surface area contributed by atoms with Crippen LogP contribution in [0.5, 0.6) is 0 Å². The van der Waals surface area contributed by atoms with Gasteiger partial charge in [-0.3, -0.25) is 4.79 Å². The Morgan fingerprint density at radius 3 is 2.80 bits per heavy atom. The van der Waals surface area contributed by atoms with Crippen LogP contribution in [-0.2, 0) is 11.3 Å². The van der Waals surface area contributed by atoms with Crippen molar-refractivity contribution >= 4 is 23.7 Å². The zero-order valence-electron chi connectivity index (χ0n) is 14.2. The van der Waals surface area contributed by atoms with Gasteiger partial charge in [-0.15, -0.1) is 0 Å². The molecule has 25 heavy (non-hydrogen) atoms. The van der Waals surface area contributed by atoms with E-state index in [1.807, 2.05) is 24.3 Å². The fraction of sp³-hybridized carbons (Fsp3) is 0.300. The fourth-order valence-corrected chi connectivity index (χ4v) is 3.51. The Balaban J connectivity index is 1.94. The number of hydrogen-bond acceptors (Lipinski definition) is 3. The summed E-state index contributed by atoms with van der Waals surface area (Å²) in [6.07, 6.45) is 1.83. The Kier molecular flexibility index (Phi) is 5.25. The van der Waals surface area contributed by atoms with E-state index in [9.17, 15) is 4.79 Å². The number of nitriles is 1. The van der Waals surface area contributed by atoms with Crippen molar-refractivity contribution in [3.8, 4) is 6.07 Å². The molecule has 2 aromatic rings. The molecule has 1 saturated heterocycles. The second kappa shape index (κ2) is 7.58. The molecule has 0 saturated carbocycles. The molecule has 1 atom stereocenters. The molecule has 0 N–H and O–H groups in total. The van der Waals surface area contributed by atoms with Gasteiger partial charge in [0.2, 0.25) is 6.41 Å². The van der Waals surface area contributed by atoms with Crippen LogP contribution in [0.2, 0.25) is 5.02 Å². The second-order valence-corrected chi connectivity index (χ2v) is 6.78. The van der Waals surface area contributed by atoms with Crippen LogP contribution in [0.4, 0.5) is 5.69 Å². The predicted molar refractivity (Wildman–Crippen MR) is 99.6 cm³/mol. The van der Waals surface area contributed by atoms with Crippen LogP contribution in [0, 0.1) is 18.3 Å². The predicted octanol–water partition coefficient (Wildman–Crippen LogP) is 3.76. The van der Waals surface area contributed by atoms with Crippen molar-refractivity contribution in [2.45, 2.75) is 25.9 Å². The molecule has 2 aromatic carbocycles. The first-order valence-corrected chi connectivity index (χ1v) is 8.70. The number of benzene rings is 2. The molecule has 1 amide bonds. The summed E-state index contributed by atoms with van der Waals surface area (Å²) in [5, 5.41) is 9.56. The molecule has 5 heteroatoms. The molecule has 1 unspecified atom stereocenters. The number of likely N-dealkylation sites (tertiary alicyclic amines) is 1. The van der Waals surface area contributed by atoms with Gasteiger partial charge in [-0.05, 0) is 42.7 Å². The lowest BCUT2D eigenvalue weighted by Crippen LogP contribution is -2.37. The van der Waals surface area contributed by atoms with E-state index in [-0.39, 0.29) is 6.04 Å². The second-order valence-electron chi connectivity index (χ2n) is 6.37. The number of nitrogens with zero attached hydrogens (tertiary/aromatic N) is 3. The van der Waals surface area contributed by atoms with Gasteiger partial charge in [0.15, 0.2) is 0 Å². The van der Waals surface area contributed by atoms with E-state index in [2.05, 4.69) is 30.0 Å². The van der Waals surface area contributed by atoms with E-state index in [4.69, 9.17) is 16.9 Å². The first-order valence-electron chi connectivity index (χ1n) is 8.32. The van der Waals surface area contributed by atoms with Gasteiger partial charge in [0.25, 0.3) is 0 Å². The van der Waals surface area contributed by atoms with Crippen LogP contribution in [0.25, 0.3) is 0 Å². The summed E-state index contributed by atoms with van der Waals surface area (Å²) >= 11 is 6.25. The Morgan fingerprint density at radius 1 is 1.36 bits per heavy atom. The number of rotatable bonds is 5. The maximum Gasteiger partial charge on any atom is 0.209 e. The number of hydrogen-bond donors (Lipinski definition) is 0. The molecule has 0 radical (unpaired) electrons. The molecule has 0 aromatic heterocycles. The molecule has 3 rings (SSSR count). The molecule has 1 aliphatic heterocycles. The van der Waals surface area contributed by atoms with Gasteiger partial charge in [0.1, 0.15) is 6.07 Å². The van der Waals surface area contributed by atoms with Gasteiger partial charge in [-0.1, -0.05) is 35.9 Å². The van der Waals surface area contributed by atoms with Crippen LogP contribution in [0.15, 0.2) is 42.5 Å². The standard InChI is InChI=1S/C20H20ClN3O/c1-15-4-2-3-5-17(15)12-24(19-8-9-23(13-19)14-25)18-7-6-16(11-22)20(21)10-18/h2-7,10,14,19H,8-9,12-13H2,1H3. The highest BCUT2D eigenvalue weighted by molar-refractivity contribution is 6.32. The molecule has 1 heterocycles. The van der Waals surface area contributed by atoms with Crippen LogP contribution < -0.4 is 4.90 Å². The van der Waals surface area contributed by atoms with Crippen LogP contribution in [0.1, 0.15) is 23.1 Å². The molecule has 0 spiro atoms. The van der Waals surface area contributed by atoms with Crippen LogP contribution in [-0.4, -0.2) is 30.4 Å². The molecular formula is C20H20ClN3O. The molecule has 4 nitrogen and oxygen atoms in total. The molecular weight excluding hydrogens is 334 g/mol. The van der Waals surface area contributed by atoms with Crippen LogP contribution in [0.3, 0.4) is 0 Å². The lowest BCUT2D eigenvalue weighted by Gasteiger charge is -2.32. The first kappa shape index (κ1) is 17.3. The quantitative estimate of drug-likeness (QED) is 0.769. The Morgan fingerprint density at radius 2 is 2.16 bits per heavy atom. The maximum absolute atomic E-state index is 11.1. The van der Waals surface area contributed by atoms with Crippen molar-refractivity contribution in [1.29, 1.82) is 5.26 Å². The molecule has 128 valence electrons. The number of carbonyl (C=O) groups excluding carboxylic acids is 1. The number of amides is 1. The van der Waals surface area contributed by atoms with Crippen LogP contribution >= 0.6 is 11.6 Å². The summed E-state index contributed by atoms with van der Waals surface area (Å²) in [5.74, 6) is 0. The Labute approximate surface area is 153 Å². The van der Waals surface area contributed by atoms with Gasteiger partial charge < -0.3 is 9.80 Å². The minimum Gasteiger partial charge on any atom is -0.362 e. The summed E-state index contributed by atoms with van der Waals surface area (Å²) in [6.45, 7) is 4.31. The average Bonchev–Trinajstić information content (AvgIpc) is 3.10. The zero-order chi connectivity index (χ0) is 17.8. The van der Waals surface area contributed by atoms with E-state index < -0.39 is 0 Å². The topological polar surface area (TPSA) is 47.3 Å². The molecule has 1 fully saturated rings. The normalized spacial score (nSPS) is 16.5. The lowest BCUT2D eigenvalue weighted by molar-refractivity contribution is -0.117. The minimum absolute atomic E-state index is 0.230. The fourth-order valence-electron chi connectivity index (χ4n) is 3.29. The molecule has 0 aliphatic carbocycles. The van der Waals surface area contributed by atoms with Crippen molar-refractivity contribution in [3.63, 3.8) is 0 Å². The summed E-state index contributed by atoms with van der Waals surface area (Å²) in [5.41, 5.74) is 3.93. The average molecular weight is 354 g/mol. The smallest absolute Gasteiger partial charge is 0.209 e. The number of halogens is 1. The van der Waals surface area contributed by atoms with Crippen molar-refractivity contribution in [2.24, 2.45) is 0 Å². The summed E-state index contributed by atoms with van der Waals surface area (Å²) in [6, 6.07) is 16.2. The monoisotopic (exact) mass is 353 g/mol. The number of carbonyl (C=O) groups is 1. The highest BCUT2D eigenvalue weighted by atomic mass is 35.5. The Bertz CT molecular complexity index is 815. The third-order valence-corrected chi connectivity index (χ3v) is 5.10. The zero-order valence-corrected chi connectivity index (χ0v) is 14.9. The molecule has 1 aliphatic rings. The highest BCUT2D eigenvalue weighted by Gasteiger charge is 2.28. The number of aryl methyl sites for hydroxylation is 1. The van der Waals surface area contributed by atoms with Crippen molar-refractivity contribution < 1.29 is 4.79 Å². The first-order chi connectivity index (χ1) is 12.1. The third kappa shape index (κ3) is 3.78.